The maximum Gasteiger partial charge on any atom is 0.122 e. The molecule has 2 heterocycles. The molecule has 3 rings (SSSR count). The van der Waals surface area contributed by atoms with Crippen molar-refractivity contribution < 1.29 is 9.84 Å². The predicted octanol–water partition coefficient (Wildman–Crippen LogP) is 1.49. The van der Waals surface area contributed by atoms with E-state index in [1.54, 1.807) is 4.68 Å². The molecule has 2 N–H and O–H groups in total. The second kappa shape index (κ2) is 7.57. The minimum absolute atomic E-state index is 0.241. The topological polar surface area (TPSA) is 72.2 Å². The normalized spacial score (nSPS) is 19.5. The number of benzene rings is 1. The highest BCUT2D eigenvalue weighted by Gasteiger charge is 2.19. The van der Waals surface area contributed by atoms with Gasteiger partial charge in [-0.1, -0.05) is 23.4 Å². The molecule has 6 nitrogen and oxygen atoms in total. The van der Waals surface area contributed by atoms with Crippen LogP contribution < -0.4 is 10.1 Å². The summed E-state index contributed by atoms with van der Waals surface area (Å²) in [6, 6.07) is 7.79. The van der Waals surface area contributed by atoms with Gasteiger partial charge < -0.3 is 15.2 Å². The van der Waals surface area contributed by atoms with Gasteiger partial charge in [0.1, 0.15) is 18.5 Å². The summed E-state index contributed by atoms with van der Waals surface area (Å²) in [5, 5.41) is 21.9. The predicted molar refractivity (Wildman–Crippen MR) is 87.5 cm³/mol. The first-order valence-corrected chi connectivity index (χ1v) is 8.19. The third-order valence-electron chi connectivity index (χ3n) is 4.19. The molecule has 1 aromatic carbocycles. The van der Waals surface area contributed by atoms with E-state index in [4.69, 9.17) is 4.74 Å². The van der Waals surface area contributed by atoms with Crippen molar-refractivity contribution in [1.82, 2.24) is 20.3 Å². The number of rotatable bonds is 6. The summed E-state index contributed by atoms with van der Waals surface area (Å²) in [6.07, 6.45) is 3.64. The average Bonchev–Trinajstić information content (AvgIpc) is 3.03. The molecule has 1 saturated heterocycles. The van der Waals surface area contributed by atoms with E-state index in [0.29, 0.717) is 12.5 Å². The largest absolute Gasteiger partial charge is 0.491 e. The average molecular weight is 316 g/mol. The Labute approximate surface area is 136 Å². The lowest BCUT2D eigenvalue weighted by Gasteiger charge is -2.20. The number of aliphatic hydroxyl groups excluding tert-OH is 1. The minimum Gasteiger partial charge on any atom is -0.491 e. The second-order valence-corrected chi connectivity index (χ2v) is 6.14. The fourth-order valence-electron chi connectivity index (χ4n) is 2.87. The van der Waals surface area contributed by atoms with Gasteiger partial charge in [-0.25, -0.2) is 4.68 Å². The van der Waals surface area contributed by atoms with Crippen LogP contribution in [0.25, 0.3) is 0 Å². The number of nitrogens with zero attached hydrogens (tertiary/aromatic N) is 3. The number of aryl methyl sites for hydroxylation is 1. The van der Waals surface area contributed by atoms with Crippen LogP contribution in [-0.2, 0) is 6.54 Å². The molecular weight excluding hydrogens is 292 g/mol. The maximum absolute atomic E-state index is 10.1. The number of para-hydroxylation sites is 1. The lowest BCUT2D eigenvalue weighted by atomic mass is 9.97. The van der Waals surface area contributed by atoms with Crippen LogP contribution in [0.3, 0.4) is 0 Å². The van der Waals surface area contributed by atoms with E-state index in [-0.39, 0.29) is 6.61 Å². The molecular formula is C17H24N4O2. The van der Waals surface area contributed by atoms with E-state index >= 15 is 0 Å². The molecule has 1 fully saturated rings. The summed E-state index contributed by atoms with van der Waals surface area (Å²) in [5.74, 6) is 1.23. The van der Waals surface area contributed by atoms with Crippen molar-refractivity contribution >= 4 is 0 Å². The van der Waals surface area contributed by atoms with Crippen LogP contribution in [0.1, 0.15) is 30.0 Å². The van der Waals surface area contributed by atoms with Gasteiger partial charge in [-0.05, 0) is 37.9 Å². The Morgan fingerprint density at radius 3 is 3.09 bits per heavy atom. The molecule has 1 aliphatic rings. The Balaban J connectivity index is 1.51. The van der Waals surface area contributed by atoms with E-state index in [9.17, 15) is 5.11 Å². The first kappa shape index (κ1) is 16.0. The molecule has 1 aliphatic heterocycles. The van der Waals surface area contributed by atoms with Crippen molar-refractivity contribution in [2.75, 3.05) is 19.7 Å². The van der Waals surface area contributed by atoms with E-state index in [0.717, 1.165) is 36.5 Å². The van der Waals surface area contributed by atoms with Crippen LogP contribution in [0.2, 0.25) is 0 Å². The second-order valence-electron chi connectivity index (χ2n) is 6.14. The van der Waals surface area contributed by atoms with Gasteiger partial charge in [0.15, 0.2) is 0 Å². The molecule has 0 radical (unpaired) electrons. The number of hydrogen-bond donors (Lipinski definition) is 2. The Hall–Kier alpha value is -1.92. The maximum atomic E-state index is 10.1. The van der Waals surface area contributed by atoms with Crippen molar-refractivity contribution in [3.05, 3.63) is 41.7 Å². The fraction of sp³-hybridized carbons (Fsp3) is 0.529. The zero-order chi connectivity index (χ0) is 16.1. The molecule has 2 atom stereocenters. The van der Waals surface area contributed by atoms with Gasteiger partial charge in [-0.2, -0.15) is 0 Å². The van der Waals surface area contributed by atoms with Crippen LogP contribution in [0.5, 0.6) is 5.75 Å². The lowest BCUT2D eigenvalue weighted by molar-refractivity contribution is 0.0885. The van der Waals surface area contributed by atoms with Crippen molar-refractivity contribution in [3.63, 3.8) is 0 Å². The highest BCUT2D eigenvalue weighted by molar-refractivity contribution is 5.31. The van der Waals surface area contributed by atoms with Gasteiger partial charge >= 0.3 is 0 Å². The molecule has 0 saturated carbocycles. The first-order chi connectivity index (χ1) is 11.2. The van der Waals surface area contributed by atoms with Gasteiger partial charge in [-0.15, -0.1) is 5.10 Å². The summed E-state index contributed by atoms with van der Waals surface area (Å²) in [7, 11) is 0. The monoisotopic (exact) mass is 316 g/mol. The van der Waals surface area contributed by atoms with Gasteiger partial charge in [0.2, 0.25) is 0 Å². The molecule has 0 aliphatic carbocycles. The summed E-state index contributed by atoms with van der Waals surface area (Å²) in [4.78, 5) is 0. The molecule has 23 heavy (non-hydrogen) atoms. The molecule has 0 bridgehead atoms. The van der Waals surface area contributed by atoms with Crippen LogP contribution in [0, 0.1) is 6.92 Å². The van der Waals surface area contributed by atoms with E-state index in [1.165, 1.54) is 6.42 Å². The van der Waals surface area contributed by atoms with Gasteiger partial charge in [0.25, 0.3) is 0 Å². The molecule has 0 amide bonds. The quantitative estimate of drug-likeness (QED) is 0.845. The van der Waals surface area contributed by atoms with Crippen LogP contribution in [0.15, 0.2) is 30.5 Å². The minimum atomic E-state index is -0.617. The van der Waals surface area contributed by atoms with Crippen LogP contribution >= 0.6 is 0 Å². The molecule has 2 unspecified atom stereocenters. The zero-order valence-electron chi connectivity index (χ0n) is 13.5. The summed E-state index contributed by atoms with van der Waals surface area (Å²) >= 11 is 0. The van der Waals surface area contributed by atoms with E-state index in [1.807, 2.05) is 37.4 Å². The third kappa shape index (κ3) is 4.30. The molecule has 0 spiro atoms. The zero-order valence-corrected chi connectivity index (χ0v) is 13.5. The third-order valence-corrected chi connectivity index (χ3v) is 4.19. The van der Waals surface area contributed by atoms with E-state index < -0.39 is 6.10 Å². The SMILES string of the molecule is Cc1ccccc1OCC(O)Cn1cc(C2CCCNC2)nn1. The van der Waals surface area contributed by atoms with Crippen molar-refractivity contribution in [3.8, 4) is 5.75 Å². The number of aromatic nitrogens is 3. The van der Waals surface area contributed by atoms with Crippen LogP contribution in [0.4, 0.5) is 0 Å². The standard InChI is InChI=1S/C17H24N4O2/c1-13-5-2-3-7-17(13)23-12-15(22)10-21-11-16(19-20-21)14-6-4-8-18-9-14/h2-3,5,7,11,14-15,18,22H,4,6,8-10,12H2,1H3. The van der Waals surface area contributed by atoms with Gasteiger partial charge in [-0.3, -0.25) is 0 Å². The van der Waals surface area contributed by atoms with E-state index in [2.05, 4.69) is 15.6 Å². The van der Waals surface area contributed by atoms with Gasteiger partial charge in [0.05, 0.1) is 12.2 Å². The molecule has 6 heteroatoms. The van der Waals surface area contributed by atoms with Crippen molar-refractivity contribution in [2.24, 2.45) is 0 Å². The highest BCUT2D eigenvalue weighted by Crippen LogP contribution is 2.20. The Kier molecular flexibility index (Phi) is 5.25. The highest BCUT2D eigenvalue weighted by atomic mass is 16.5. The number of aliphatic hydroxyl groups is 1. The Morgan fingerprint density at radius 1 is 1.43 bits per heavy atom. The van der Waals surface area contributed by atoms with Crippen molar-refractivity contribution in [1.29, 1.82) is 0 Å². The Morgan fingerprint density at radius 2 is 2.30 bits per heavy atom. The Bertz CT molecular complexity index is 623. The lowest BCUT2D eigenvalue weighted by Crippen LogP contribution is -2.28. The molecule has 2 aromatic rings. The van der Waals surface area contributed by atoms with Crippen molar-refractivity contribution in [2.45, 2.75) is 38.3 Å². The summed E-state index contributed by atoms with van der Waals surface area (Å²) < 4.78 is 7.38. The number of nitrogens with one attached hydrogen (secondary N) is 1. The van der Waals surface area contributed by atoms with Gasteiger partial charge in [0, 0.05) is 18.7 Å². The number of hydrogen-bond acceptors (Lipinski definition) is 5. The molecule has 1 aromatic heterocycles. The summed E-state index contributed by atoms with van der Waals surface area (Å²) in [5.41, 5.74) is 2.07. The van der Waals surface area contributed by atoms with Crippen LogP contribution in [-0.4, -0.2) is 45.9 Å². The summed E-state index contributed by atoms with van der Waals surface area (Å²) in [6.45, 7) is 4.66. The molecule has 124 valence electrons. The first-order valence-electron chi connectivity index (χ1n) is 8.19. The number of piperidine rings is 1. The smallest absolute Gasteiger partial charge is 0.122 e. The number of ether oxygens (including phenoxy) is 1. The fourth-order valence-corrected chi connectivity index (χ4v) is 2.87.